The van der Waals surface area contributed by atoms with Crippen LogP contribution < -0.4 is 21.5 Å². The van der Waals surface area contributed by atoms with Crippen molar-refractivity contribution >= 4 is 50.2 Å². The molecule has 1 aromatic heterocycles. The Kier molecular flexibility index (Phi) is 7.81. The molecule has 38 heavy (non-hydrogen) atoms. The Hall–Kier alpha value is -3.80. The van der Waals surface area contributed by atoms with Crippen LogP contribution in [0.15, 0.2) is 34.8 Å². The number of rotatable bonds is 11. The Morgan fingerprint density at radius 3 is 2.55 bits per heavy atom. The minimum Gasteiger partial charge on any atom is -0.490 e. The number of nitrogens with one attached hydrogen (secondary N) is 2. The Morgan fingerprint density at radius 1 is 1.29 bits per heavy atom. The van der Waals surface area contributed by atoms with Crippen LogP contribution in [0.25, 0.3) is 0 Å². The van der Waals surface area contributed by atoms with Crippen LogP contribution in [-0.2, 0) is 29.1 Å². The smallest absolute Gasteiger partial charge is 0.418 e. The highest BCUT2D eigenvalue weighted by atomic mass is 32.3. The predicted molar refractivity (Wildman–Crippen MR) is 135 cm³/mol. The molecule has 2 fully saturated rings. The van der Waals surface area contributed by atoms with Crippen LogP contribution in [0, 0.1) is 5.41 Å². The fourth-order valence-corrected chi connectivity index (χ4v) is 5.29. The lowest BCUT2D eigenvalue weighted by Crippen LogP contribution is -2.78. The van der Waals surface area contributed by atoms with E-state index < -0.39 is 33.8 Å². The first-order valence-corrected chi connectivity index (χ1v) is 13.6. The molecule has 0 radical (unpaired) electrons. The van der Waals surface area contributed by atoms with Gasteiger partial charge in [-0.3, -0.25) is 19.6 Å². The average Bonchev–Trinajstić information content (AvgIpc) is 3.53. The highest BCUT2D eigenvalue weighted by molar-refractivity contribution is 7.80. The van der Waals surface area contributed by atoms with Gasteiger partial charge < -0.3 is 26.4 Å². The Labute approximate surface area is 221 Å². The van der Waals surface area contributed by atoms with Gasteiger partial charge in [-0.2, -0.15) is 13.5 Å². The fraction of sp³-hybridized carbons (Fsp3) is 0.381. The summed E-state index contributed by atoms with van der Waals surface area (Å²) in [6.07, 6.45) is 2.04. The van der Waals surface area contributed by atoms with E-state index in [0.29, 0.717) is 42.1 Å². The van der Waals surface area contributed by atoms with E-state index in [-0.39, 0.29) is 35.6 Å². The maximum Gasteiger partial charge on any atom is 0.418 e. The highest BCUT2D eigenvalue weighted by Crippen LogP contribution is 2.46. The van der Waals surface area contributed by atoms with Crippen molar-refractivity contribution in [2.75, 3.05) is 18.9 Å². The molecular weight excluding hydrogens is 542 g/mol. The zero-order valence-corrected chi connectivity index (χ0v) is 21.5. The van der Waals surface area contributed by atoms with Gasteiger partial charge in [0.1, 0.15) is 35.5 Å². The molecule has 2 heterocycles. The van der Waals surface area contributed by atoms with Crippen molar-refractivity contribution in [2.24, 2.45) is 10.9 Å². The lowest BCUT2D eigenvalue weighted by Gasteiger charge is -2.52. The number of β-lactam (4-membered cyclic amide) rings is 1. The molecule has 1 aliphatic heterocycles. The number of nitrogen functional groups attached to an aromatic ring is 2. The molecular formula is C21H25N7O8S2. The number of nitrogens with zero attached hydrogens (tertiary/aromatic N) is 3. The molecule has 1 saturated carbocycles. The number of carbonyl (C=O) groups excluding carboxylic acids is 2. The number of ether oxygens (including phenoxy) is 1. The number of hydrogen-bond acceptors (Lipinski definition) is 12. The van der Waals surface area contributed by atoms with Crippen molar-refractivity contribution in [3.8, 4) is 5.75 Å². The number of nitrogens with two attached hydrogens (primary N) is 2. The topological polar surface area (TPSA) is 233 Å². The second-order valence-corrected chi connectivity index (χ2v) is 10.4. The number of anilines is 1. The number of thiazole rings is 1. The molecule has 2 amide bonds. The summed E-state index contributed by atoms with van der Waals surface area (Å²) in [6.45, 7) is 0.0241. The van der Waals surface area contributed by atoms with Crippen molar-refractivity contribution in [3.05, 3.63) is 40.9 Å². The molecule has 1 atom stereocenters. The molecule has 15 nitrogen and oxygen atoms in total. The molecule has 1 aromatic carbocycles. The molecule has 1 saturated heterocycles. The third kappa shape index (κ3) is 5.85. The van der Waals surface area contributed by atoms with Gasteiger partial charge in [0, 0.05) is 10.9 Å². The van der Waals surface area contributed by atoms with Gasteiger partial charge in [0.15, 0.2) is 17.5 Å². The molecule has 17 heteroatoms. The minimum absolute atomic E-state index is 0.0485. The molecule has 0 unspecified atom stereocenters. The molecule has 2 aliphatic rings. The maximum absolute atomic E-state index is 13.2. The van der Waals surface area contributed by atoms with Crippen LogP contribution in [-0.4, -0.2) is 71.2 Å². The van der Waals surface area contributed by atoms with Crippen molar-refractivity contribution in [1.29, 1.82) is 5.41 Å². The van der Waals surface area contributed by atoms with E-state index in [1.807, 2.05) is 0 Å². The maximum atomic E-state index is 13.2. The van der Waals surface area contributed by atoms with Crippen molar-refractivity contribution in [2.45, 2.75) is 37.3 Å². The van der Waals surface area contributed by atoms with E-state index in [0.717, 1.165) is 11.3 Å². The monoisotopic (exact) mass is 567 g/mol. The molecule has 1 spiro atoms. The van der Waals surface area contributed by atoms with Crippen LogP contribution in [0.2, 0.25) is 0 Å². The number of hydrogen-bond donors (Lipinski definition) is 5. The second-order valence-electron chi connectivity index (χ2n) is 8.48. The lowest BCUT2D eigenvalue weighted by atomic mass is 9.79. The first-order chi connectivity index (χ1) is 18.0. The predicted octanol–water partition coefficient (Wildman–Crippen LogP) is 0.183. The Balaban J connectivity index is 1.42. The van der Waals surface area contributed by atoms with Crippen molar-refractivity contribution < 1.29 is 36.4 Å². The zero-order valence-electron chi connectivity index (χ0n) is 19.8. The minimum atomic E-state index is -4.93. The van der Waals surface area contributed by atoms with Gasteiger partial charge in [-0.1, -0.05) is 18.0 Å². The summed E-state index contributed by atoms with van der Waals surface area (Å²) < 4.78 is 41.5. The summed E-state index contributed by atoms with van der Waals surface area (Å²) in [7, 11) is -4.93. The van der Waals surface area contributed by atoms with E-state index in [1.165, 1.54) is 5.38 Å². The van der Waals surface area contributed by atoms with Crippen LogP contribution in [0.3, 0.4) is 0 Å². The number of amidine groups is 1. The lowest BCUT2D eigenvalue weighted by molar-refractivity contribution is -0.225. The summed E-state index contributed by atoms with van der Waals surface area (Å²) in [6, 6.07) is 5.43. The summed E-state index contributed by atoms with van der Waals surface area (Å²) in [4.78, 5) is 35.2. The average molecular weight is 568 g/mol. The first kappa shape index (κ1) is 27.2. The number of oxime groups is 1. The van der Waals surface area contributed by atoms with E-state index in [9.17, 15) is 18.0 Å². The Bertz CT molecular complexity index is 1350. The number of carbonyl (C=O) groups is 2. The third-order valence-electron chi connectivity index (χ3n) is 6.05. The van der Waals surface area contributed by atoms with Gasteiger partial charge in [-0.05, 0) is 37.1 Å². The van der Waals surface area contributed by atoms with Crippen LogP contribution >= 0.6 is 11.3 Å². The standard InChI is InChI=1S/C21H25N7O8S2/c22-17(23)12-3-5-13(6-4-12)34-9-10-35-27-15(14-11-37-20(24)25-14)18(29)26-16-19(30)28(36-38(31,32)33)21(16)7-1-2-8-21/h3-6,11,16H,1-2,7-10H2,(H3,22,23)(H2,24,25)(H,26,29)(H,31,32,33)/b27-15-/t16-/m1/s1. The first-order valence-electron chi connectivity index (χ1n) is 11.3. The molecule has 1 aliphatic carbocycles. The van der Waals surface area contributed by atoms with E-state index in [1.54, 1.807) is 24.3 Å². The molecule has 204 valence electrons. The Morgan fingerprint density at radius 2 is 1.97 bits per heavy atom. The summed E-state index contributed by atoms with van der Waals surface area (Å²) >= 11 is 1.07. The summed E-state index contributed by atoms with van der Waals surface area (Å²) in [5, 5.41) is 16.1. The number of benzene rings is 1. The number of amides is 2. The van der Waals surface area contributed by atoms with Gasteiger partial charge >= 0.3 is 10.4 Å². The molecule has 2 aromatic rings. The molecule has 7 N–H and O–H groups in total. The van der Waals surface area contributed by atoms with E-state index >= 15 is 0 Å². The molecule has 4 rings (SSSR count). The van der Waals surface area contributed by atoms with Gasteiger partial charge in [0.2, 0.25) is 0 Å². The van der Waals surface area contributed by atoms with Crippen molar-refractivity contribution in [3.63, 3.8) is 0 Å². The van der Waals surface area contributed by atoms with E-state index in [2.05, 4.69) is 19.7 Å². The van der Waals surface area contributed by atoms with E-state index in [4.69, 9.17) is 31.0 Å². The highest BCUT2D eigenvalue weighted by Gasteiger charge is 2.64. The fourth-order valence-electron chi connectivity index (χ4n) is 4.34. The molecule has 0 bridgehead atoms. The summed E-state index contributed by atoms with van der Waals surface area (Å²) in [5.74, 6) is -1.19. The number of aromatic nitrogens is 1. The third-order valence-corrected chi connectivity index (χ3v) is 7.06. The second kappa shape index (κ2) is 10.9. The van der Waals surface area contributed by atoms with Gasteiger partial charge in [0.05, 0.1) is 0 Å². The van der Waals surface area contributed by atoms with Gasteiger partial charge in [0.25, 0.3) is 11.8 Å². The zero-order chi connectivity index (χ0) is 27.5. The normalized spacial score (nSPS) is 18.8. The largest absolute Gasteiger partial charge is 0.490 e. The van der Waals surface area contributed by atoms with Crippen molar-refractivity contribution in [1.82, 2.24) is 15.4 Å². The summed E-state index contributed by atoms with van der Waals surface area (Å²) in [5.41, 5.74) is 10.4. The van der Waals surface area contributed by atoms with Gasteiger partial charge in [-0.25, -0.2) is 4.98 Å². The van der Waals surface area contributed by atoms with Crippen LogP contribution in [0.1, 0.15) is 36.9 Å². The SMILES string of the molecule is N=C(N)c1ccc(OCCO/N=C(\C(=O)N[C@@H]2C(=O)N(OS(=O)(=O)O)C23CCCC3)c2csc(N)n2)cc1. The van der Waals surface area contributed by atoms with Gasteiger partial charge in [-0.15, -0.1) is 15.6 Å². The quantitative estimate of drug-likeness (QED) is 0.0613. The van der Waals surface area contributed by atoms with Crippen LogP contribution in [0.5, 0.6) is 5.75 Å². The number of hydroxylamine groups is 2. The van der Waals surface area contributed by atoms with Crippen LogP contribution in [0.4, 0.5) is 5.13 Å².